The fraction of sp³-hybridized carbons (Fsp3) is 0.176. The third-order valence-corrected chi connectivity index (χ3v) is 3.89. The number of halogens is 1. The number of benzene rings is 2. The minimum Gasteiger partial charge on any atom is -0.483 e. The van der Waals surface area contributed by atoms with E-state index in [1.807, 2.05) is 26.0 Å². The molecule has 0 bridgehead atoms. The summed E-state index contributed by atoms with van der Waals surface area (Å²) < 4.78 is 6.40. The molecule has 0 aliphatic carbocycles. The number of nitrogens with one attached hydrogen (secondary N) is 2. The maximum absolute atomic E-state index is 12.0. The number of hydrazine groups is 1. The highest BCUT2D eigenvalue weighted by Crippen LogP contribution is 2.27. The van der Waals surface area contributed by atoms with Gasteiger partial charge in [-0.2, -0.15) is 0 Å². The third kappa shape index (κ3) is 4.79. The summed E-state index contributed by atoms with van der Waals surface area (Å²) in [6, 6.07) is 9.16. The predicted molar refractivity (Wildman–Crippen MR) is 97.8 cm³/mol. The van der Waals surface area contributed by atoms with Gasteiger partial charge in [-0.1, -0.05) is 28.1 Å². The van der Waals surface area contributed by atoms with E-state index in [4.69, 9.17) is 4.74 Å². The van der Waals surface area contributed by atoms with Gasteiger partial charge in [0.1, 0.15) is 11.3 Å². The van der Waals surface area contributed by atoms with Crippen LogP contribution < -0.4 is 15.6 Å². The fourth-order valence-electron chi connectivity index (χ4n) is 2.32. The van der Waals surface area contributed by atoms with Crippen LogP contribution in [-0.2, 0) is 4.79 Å². The quantitative estimate of drug-likeness (QED) is 0.569. The molecule has 0 radical (unpaired) electrons. The molecule has 9 heteroatoms. The van der Waals surface area contributed by atoms with Gasteiger partial charge in [-0.25, -0.2) is 0 Å². The summed E-state index contributed by atoms with van der Waals surface area (Å²) in [5.74, 6) is -0.811. The summed E-state index contributed by atoms with van der Waals surface area (Å²) in [4.78, 5) is 34.1. The van der Waals surface area contributed by atoms with Gasteiger partial charge in [0.15, 0.2) is 6.61 Å². The van der Waals surface area contributed by atoms with Crippen molar-refractivity contribution in [2.45, 2.75) is 13.8 Å². The van der Waals surface area contributed by atoms with Gasteiger partial charge in [-0.15, -0.1) is 0 Å². The first-order valence-corrected chi connectivity index (χ1v) is 8.31. The van der Waals surface area contributed by atoms with Gasteiger partial charge >= 0.3 is 0 Å². The molecule has 0 saturated heterocycles. The second kappa shape index (κ2) is 8.43. The second-order valence-corrected chi connectivity index (χ2v) is 6.35. The number of amides is 2. The molecule has 0 spiro atoms. The Hall–Kier alpha value is -2.94. The van der Waals surface area contributed by atoms with E-state index < -0.39 is 16.7 Å². The van der Waals surface area contributed by atoms with Gasteiger partial charge in [0.25, 0.3) is 17.5 Å². The van der Waals surface area contributed by atoms with Crippen molar-refractivity contribution < 1.29 is 19.2 Å². The van der Waals surface area contributed by atoms with Crippen molar-refractivity contribution in [1.29, 1.82) is 0 Å². The lowest BCUT2D eigenvalue weighted by Crippen LogP contribution is -2.44. The van der Waals surface area contributed by atoms with Crippen molar-refractivity contribution in [3.63, 3.8) is 0 Å². The molecule has 2 amide bonds. The van der Waals surface area contributed by atoms with E-state index >= 15 is 0 Å². The summed E-state index contributed by atoms with van der Waals surface area (Å²) >= 11 is 3.38. The molecule has 0 atom stereocenters. The lowest BCUT2D eigenvalue weighted by Gasteiger charge is -2.13. The topological polar surface area (TPSA) is 111 Å². The summed E-state index contributed by atoms with van der Waals surface area (Å²) in [5.41, 5.74) is 5.52. The van der Waals surface area contributed by atoms with E-state index in [1.54, 1.807) is 0 Å². The molecule has 8 nitrogen and oxygen atoms in total. The molecule has 2 rings (SSSR count). The molecule has 0 saturated carbocycles. The number of aryl methyl sites for hydroxylation is 2. The van der Waals surface area contributed by atoms with E-state index in [1.165, 1.54) is 24.3 Å². The molecule has 26 heavy (non-hydrogen) atoms. The average Bonchev–Trinajstić information content (AvgIpc) is 2.58. The summed E-state index contributed by atoms with van der Waals surface area (Å²) in [5, 5.41) is 10.9. The monoisotopic (exact) mass is 421 g/mol. The number of nitro groups is 1. The highest BCUT2D eigenvalue weighted by Gasteiger charge is 2.19. The Morgan fingerprint density at radius 1 is 1.15 bits per heavy atom. The molecule has 0 fully saturated rings. The zero-order valence-corrected chi connectivity index (χ0v) is 15.6. The molecule has 0 aromatic heterocycles. The first-order valence-electron chi connectivity index (χ1n) is 7.51. The zero-order chi connectivity index (χ0) is 19.3. The van der Waals surface area contributed by atoms with Crippen LogP contribution in [0.15, 0.2) is 40.9 Å². The van der Waals surface area contributed by atoms with Gasteiger partial charge in [0.05, 0.1) is 4.92 Å². The van der Waals surface area contributed by atoms with Gasteiger partial charge in [-0.3, -0.25) is 30.6 Å². The molecule has 0 heterocycles. The number of carbonyl (C=O) groups excluding carboxylic acids is 2. The van der Waals surface area contributed by atoms with Crippen LogP contribution in [0.2, 0.25) is 0 Å². The van der Waals surface area contributed by atoms with Crippen molar-refractivity contribution in [1.82, 2.24) is 10.9 Å². The predicted octanol–water partition coefficient (Wildman–Crippen LogP) is 2.81. The van der Waals surface area contributed by atoms with Crippen LogP contribution in [0.3, 0.4) is 0 Å². The Morgan fingerprint density at radius 3 is 2.38 bits per heavy atom. The number of para-hydroxylation sites is 1. The highest BCUT2D eigenvalue weighted by molar-refractivity contribution is 9.10. The Bertz CT molecular complexity index is 846. The van der Waals surface area contributed by atoms with Crippen LogP contribution in [-0.4, -0.2) is 23.3 Å². The minimum absolute atomic E-state index is 0.154. The molecular weight excluding hydrogens is 406 g/mol. The van der Waals surface area contributed by atoms with Gasteiger partial charge in [0, 0.05) is 10.5 Å². The van der Waals surface area contributed by atoms with Crippen LogP contribution in [0, 0.1) is 24.0 Å². The number of rotatable bonds is 5. The lowest BCUT2D eigenvalue weighted by atomic mass is 10.1. The maximum Gasteiger partial charge on any atom is 0.282 e. The number of nitrogens with zero attached hydrogens (tertiary/aromatic N) is 1. The molecule has 136 valence electrons. The van der Waals surface area contributed by atoms with E-state index in [0.29, 0.717) is 5.75 Å². The van der Waals surface area contributed by atoms with E-state index in [9.17, 15) is 19.7 Å². The van der Waals surface area contributed by atoms with E-state index in [-0.39, 0.29) is 17.9 Å². The molecular formula is C17H16BrN3O5. The Balaban J connectivity index is 1.94. The number of hydrogen-bond acceptors (Lipinski definition) is 5. The first-order chi connectivity index (χ1) is 12.3. The van der Waals surface area contributed by atoms with E-state index in [0.717, 1.165) is 15.6 Å². The first kappa shape index (κ1) is 19.4. The summed E-state index contributed by atoms with van der Waals surface area (Å²) in [6.07, 6.45) is 0. The van der Waals surface area contributed by atoms with Crippen LogP contribution in [0.25, 0.3) is 0 Å². The van der Waals surface area contributed by atoms with Crippen LogP contribution in [0.5, 0.6) is 5.75 Å². The number of hydrogen-bond donors (Lipinski definition) is 2. The molecule has 2 aromatic carbocycles. The number of carbonyl (C=O) groups is 2. The maximum atomic E-state index is 12.0. The number of nitro benzene ring substituents is 1. The van der Waals surface area contributed by atoms with Gasteiger partial charge in [0.2, 0.25) is 0 Å². The van der Waals surface area contributed by atoms with Crippen molar-refractivity contribution in [3.8, 4) is 5.75 Å². The fourth-order valence-corrected chi connectivity index (χ4v) is 3.00. The Kier molecular flexibility index (Phi) is 6.29. The van der Waals surface area contributed by atoms with Crippen molar-refractivity contribution in [2.75, 3.05) is 6.61 Å². The average molecular weight is 422 g/mol. The largest absolute Gasteiger partial charge is 0.483 e. The molecule has 2 aromatic rings. The lowest BCUT2D eigenvalue weighted by molar-refractivity contribution is -0.385. The van der Waals surface area contributed by atoms with Gasteiger partial charge < -0.3 is 4.74 Å². The Labute approximate surface area is 157 Å². The van der Waals surface area contributed by atoms with Crippen LogP contribution in [0.1, 0.15) is 21.5 Å². The third-order valence-electron chi connectivity index (χ3n) is 3.43. The SMILES string of the molecule is Cc1cc(Br)cc(C)c1OCC(=O)NNC(=O)c1ccccc1[N+](=O)[O-]. The highest BCUT2D eigenvalue weighted by atomic mass is 79.9. The standard InChI is InChI=1S/C17H16BrN3O5/c1-10-7-12(18)8-11(2)16(10)26-9-15(22)19-20-17(23)13-5-3-4-6-14(13)21(24)25/h3-8H,9H2,1-2H3,(H,19,22)(H,20,23). The zero-order valence-electron chi connectivity index (χ0n) is 14.0. The van der Waals surface area contributed by atoms with Crippen molar-refractivity contribution in [2.24, 2.45) is 0 Å². The van der Waals surface area contributed by atoms with Gasteiger partial charge in [-0.05, 0) is 43.2 Å². The number of ether oxygens (including phenoxy) is 1. The Morgan fingerprint density at radius 2 is 1.77 bits per heavy atom. The second-order valence-electron chi connectivity index (χ2n) is 5.43. The molecule has 2 N–H and O–H groups in total. The molecule has 0 unspecified atom stereocenters. The smallest absolute Gasteiger partial charge is 0.282 e. The molecule has 0 aliphatic heterocycles. The summed E-state index contributed by atoms with van der Waals surface area (Å²) in [6.45, 7) is 3.38. The van der Waals surface area contributed by atoms with Crippen LogP contribution >= 0.6 is 15.9 Å². The normalized spacial score (nSPS) is 10.1. The molecule has 0 aliphatic rings. The van der Waals surface area contributed by atoms with Crippen molar-refractivity contribution >= 4 is 33.4 Å². The van der Waals surface area contributed by atoms with Crippen molar-refractivity contribution in [3.05, 3.63) is 67.7 Å². The minimum atomic E-state index is -0.790. The van der Waals surface area contributed by atoms with E-state index in [2.05, 4.69) is 26.8 Å². The summed E-state index contributed by atoms with van der Waals surface area (Å²) in [7, 11) is 0. The van der Waals surface area contributed by atoms with Crippen LogP contribution in [0.4, 0.5) is 5.69 Å².